The molecule has 1 aromatic carbocycles. The van der Waals surface area contributed by atoms with Gasteiger partial charge >= 0.3 is 0 Å². The van der Waals surface area contributed by atoms with Gasteiger partial charge in [-0.15, -0.1) is 0 Å². The van der Waals surface area contributed by atoms with E-state index in [0.717, 1.165) is 30.7 Å². The molecule has 1 aromatic rings. The second kappa shape index (κ2) is 4.70. The van der Waals surface area contributed by atoms with Gasteiger partial charge in [0, 0.05) is 0 Å². The van der Waals surface area contributed by atoms with E-state index in [9.17, 15) is 5.11 Å². The highest BCUT2D eigenvalue weighted by Crippen LogP contribution is 2.44. The van der Waals surface area contributed by atoms with Crippen LogP contribution in [0.4, 0.5) is 0 Å². The third kappa shape index (κ3) is 2.21. The number of rotatable bonds is 1. The van der Waals surface area contributed by atoms with Gasteiger partial charge in [0.15, 0.2) is 0 Å². The first kappa shape index (κ1) is 13.6. The summed E-state index contributed by atoms with van der Waals surface area (Å²) in [4.78, 5) is 0. The molecular formula is C17H26O. The van der Waals surface area contributed by atoms with Crippen molar-refractivity contribution in [2.45, 2.75) is 59.5 Å². The predicted molar refractivity (Wildman–Crippen MR) is 76.7 cm³/mol. The van der Waals surface area contributed by atoms with Crippen LogP contribution >= 0.6 is 0 Å². The van der Waals surface area contributed by atoms with E-state index in [1.807, 2.05) is 0 Å². The van der Waals surface area contributed by atoms with E-state index in [0.29, 0.717) is 5.92 Å². The molecule has 18 heavy (non-hydrogen) atoms. The molecule has 1 aliphatic rings. The Morgan fingerprint density at radius 2 is 1.67 bits per heavy atom. The first-order valence-corrected chi connectivity index (χ1v) is 7.15. The largest absolute Gasteiger partial charge is 0.385 e. The zero-order chi connectivity index (χ0) is 13.5. The molecule has 0 aromatic heterocycles. The lowest BCUT2D eigenvalue weighted by atomic mass is 9.68. The summed E-state index contributed by atoms with van der Waals surface area (Å²) in [5.74, 6) is 1.09. The van der Waals surface area contributed by atoms with E-state index >= 15 is 0 Å². The highest BCUT2D eigenvalue weighted by molar-refractivity contribution is 5.40. The van der Waals surface area contributed by atoms with Crippen molar-refractivity contribution in [1.29, 1.82) is 0 Å². The fraction of sp³-hybridized carbons (Fsp3) is 0.647. The minimum absolute atomic E-state index is 0.349. The predicted octanol–water partition coefficient (Wildman–Crippen LogP) is 4.26. The van der Waals surface area contributed by atoms with Crippen LogP contribution in [0.3, 0.4) is 0 Å². The molecule has 0 aliphatic heterocycles. The van der Waals surface area contributed by atoms with Crippen LogP contribution in [0.2, 0.25) is 0 Å². The van der Waals surface area contributed by atoms with Gasteiger partial charge in [-0.3, -0.25) is 0 Å². The first-order valence-electron chi connectivity index (χ1n) is 7.15. The van der Waals surface area contributed by atoms with Gasteiger partial charge in [0.05, 0.1) is 5.60 Å². The normalized spacial score (nSPS) is 32.6. The fourth-order valence-corrected chi connectivity index (χ4v) is 3.46. The molecule has 0 heterocycles. The summed E-state index contributed by atoms with van der Waals surface area (Å²) in [6, 6.07) is 4.42. The summed E-state index contributed by atoms with van der Waals surface area (Å²) >= 11 is 0. The van der Waals surface area contributed by atoms with Crippen molar-refractivity contribution in [2.75, 3.05) is 0 Å². The van der Waals surface area contributed by atoms with Crippen molar-refractivity contribution < 1.29 is 5.11 Å². The van der Waals surface area contributed by atoms with Crippen LogP contribution in [0.1, 0.15) is 55.4 Å². The maximum absolute atomic E-state index is 11.1. The van der Waals surface area contributed by atoms with Gasteiger partial charge in [0.1, 0.15) is 0 Å². The monoisotopic (exact) mass is 246 g/mol. The van der Waals surface area contributed by atoms with Gasteiger partial charge in [-0.05, 0) is 74.1 Å². The van der Waals surface area contributed by atoms with Gasteiger partial charge in [0.25, 0.3) is 0 Å². The topological polar surface area (TPSA) is 20.2 Å². The molecule has 1 N–H and O–H groups in total. The Morgan fingerprint density at radius 1 is 1.06 bits per heavy atom. The summed E-state index contributed by atoms with van der Waals surface area (Å²) in [6.07, 6.45) is 3.16. The summed E-state index contributed by atoms with van der Waals surface area (Å²) in [5, 5.41) is 11.1. The van der Waals surface area contributed by atoms with E-state index in [1.165, 1.54) is 16.7 Å². The maximum atomic E-state index is 11.1. The van der Waals surface area contributed by atoms with Crippen molar-refractivity contribution in [3.8, 4) is 0 Å². The van der Waals surface area contributed by atoms with Crippen LogP contribution in [-0.4, -0.2) is 5.11 Å². The van der Waals surface area contributed by atoms with E-state index in [2.05, 4.69) is 46.8 Å². The third-order valence-electron chi connectivity index (χ3n) is 4.90. The minimum Gasteiger partial charge on any atom is -0.385 e. The number of hydrogen-bond acceptors (Lipinski definition) is 1. The molecule has 100 valence electrons. The van der Waals surface area contributed by atoms with Gasteiger partial charge in [-0.25, -0.2) is 0 Å². The molecule has 0 spiro atoms. The summed E-state index contributed by atoms with van der Waals surface area (Å²) in [7, 11) is 0. The van der Waals surface area contributed by atoms with Gasteiger partial charge in [0.2, 0.25) is 0 Å². The lowest BCUT2D eigenvalue weighted by Gasteiger charge is -2.42. The summed E-state index contributed by atoms with van der Waals surface area (Å²) in [6.45, 7) is 10.9. The Hall–Kier alpha value is -0.820. The molecule has 0 saturated heterocycles. The average Bonchev–Trinajstić information content (AvgIpc) is 2.29. The van der Waals surface area contributed by atoms with Crippen molar-refractivity contribution in [1.82, 2.24) is 0 Å². The molecule has 2 rings (SSSR count). The maximum Gasteiger partial charge on any atom is 0.0924 e. The zero-order valence-electron chi connectivity index (χ0n) is 12.4. The SMILES string of the molecule is Cc1cc(C)c(C2(O)CCC(C)CC2C)cc1C. The van der Waals surface area contributed by atoms with E-state index < -0.39 is 5.60 Å². The first-order chi connectivity index (χ1) is 8.34. The van der Waals surface area contributed by atoms with Gasteiger partial charge in [-0.2, -0.15) is 0 Å². The smallest absolute Gasteiger partial charge is 0.0924 e. The van der Waals surface area contributed by atoms with Gasteiger partial charge in [-0.1, -0.05) is 26.0 Å². The van der Waals surface area contributed by atoms with Crippen LogP contribution in [0.5, 0.6) is 0 Å². The minimum atomic E-state index is -0.616. The molecule has 3 unspecified atom stereocenters. The second-order valence-electron chi connectivity index (χ2n) is 6.46. The Bertz CT molecular complexity index is 449. The van der Waals surface area contributed by atoms with Crippen LogP contribution in [0.25, 0.3) is 0 Å². The number of aryl methyl sites for hydroxylation is 3. The third-order valence-corrected chi connectivity index (χ3v) is 4.90. The van der Waals surface area contributed by atoms with Crippen LogP contribution in [0.15, 0.2) is 12.1 Å². The van der Waals surface area contributed by atoms with Crippen LogP contribution < -0.4 is 0 Å². The van der Waals surface area contributed by atoms with E-state index in [1.54, 1.807) is 0 Å². The highest BCUT2D eigenvalue weighted by atomic mass is 16.3. The van der Waals surface area contributed by atoms with Crippen molar-refractivity contribution >= 4 is 0 Å². The molecule has 0 radical (unpaired) electrons. The van der Waals surface area contributed by atoms with E-state index in [4.69, 9.17) is 0 Å². The molecule has 3 atom stereocenters. The Morgan fingerprint density at radius 3 is 2.28 bits per heavy atom. The Labute approximate surface area is 111 Å². The lowest BCUT2D eigenvalue weighted by Crippen LogP contribution is -2.39. The highest BCUT2D eigenvalue weighted by Gasteiger charge is 2.40. The number of benzene rings is 1. The van der Waals surface area contributed by atoms with Crippen molar-refractivity contribution in [3.63, 3.8) is 0 Å². The molecule has 1 aliphatic carbocycles. The molecule has 1 nitrogen and oxygen atoms in total. The van der Waals surface area contributed by atoms with Crippen molar-refractivity contribution in [2.24, 2.45) is 11.8 Å². The summed E-state index contributed by atoms with van der Waals surface area (Å²) in [5.41, 5.74) is 4.38. The molecule has 1 heteroatoms. The average molecular weight is 246 g/mol. The number of hydrogen-bond donors (Lipinski definition) is 1. The van der Waals surface area contributed by atoms with Gasteiger partial charge < -0.3 is 5.11 Å². The Kier molecular flexibility index (Phi) is 3.55. The van der Waals surface area contributed by atoms with E-state index in [-0.39, 0.29) is 0 Å². The lowest BCUT2D eigenvalue weighted by molar-refractivity contribution is -0.0592. The molecule has 1 fully saturated rings. The van der Waals surface area contributed by atoms with Crippen LogP contribution in [-0.2, 0) is 5.60 Å². The molecule has 0 bridgehead atoms. The quantitative estimate of drug-likeness (QED) is 0.785. The summed E-state index contributed by atoms with van der Waals surface area (Å²) < 4.78 is 0. The zero-order valence-corrected chi connectivity index (χ0v) is 12.4. The second-order valence-corrected chi connectivity index (χ2v) is 6.46. The fourth-order valence-electron chi connectivity index (χ4n) is 3.46. The Balaban J connectivity index is 2.44. The molecular weight excluding hydrogens is 220 g/mol. The standard InChI is InChI=1S/C17H26O/c1-11-6-7-17(18,15(5)8-11)16-10-13(3)12(2)9-14(16)4/h9-11,15,18H,6-8H2,1-5H3. The van der Waals surface area contributed by atoms with Crippen LogP contribution in [0, 0.1) is 32.6 Å². The number of aliphatic hydroxyl groups is 1. The van der Waals surface area contributed by atoms with Crippen molar-refractivity contribution in [3.05, 3.63) is 34.4 Å². The molecule has 1 saturated carbocycles. The molecule has 0 amide bonds.